The number of carbonyl (C=O) groups is 1. The van der Waals surface area contributed by atoms with Crippen molar-refractivity contribution < 1.29 is 4.79 Å². The number of rotatable bonds is 2. The molecular formula is C11H21NOS. The average Bonchev–Trinajstić information content (AvgIpc) is 2.15. The first-order chi connectivity index (χ1) is 6.52. The first-order valence-electron chi connectivity index (χ1n) is 5.47. The van der Waals surface area contributed by atoms with Crippen molar-refractivity contribution in [2.45, 2.75) is 50.8 Å². The van der Waals surface area contributed by atoms with Crippen LogP contribution in [0.25, 0.3) is 0 Å². The molecule has 1 fully saturated rings. The van der Waals surface area contributed by atoms with Crippen molar-refractivity contribution in [1.82, 2.24) is 4.90 Å². The third-order valence-corrected chi connectivity index (χ3v) is 3.38. The second kappa shape index (κ2) is 5.06. The third kappa shape index (κ3) is 2.91. The van der Waals surface area contributed by atoms with E-state index in [4.69, 9.17) is 0 Å². The molecule has 1 aliphatic carbocycles. The number of nitrogens with zero attached hydrogens (tertiary/aromatic N) is 1. The van der Waals surface area contributed by atoms with E-state index >= 15 is 0 Å². The Morgan fingerprint density at radius 2 is 2.14 bits per heavy atom. The highest BCUT2D eigenvalue weighted by atomic mass is 32.1. The van der Waals surface area contributed by atoms with Crippen molar-refractivity contribution in [1.29, 1.82) is 0 Å². The normalized spacial score (nSPS) is 29.7. The van der Waals surface area contributed by atoms with E-state index in [9.17, 15) is 4.79 Å². The number of hydrogen-bond acceptors (Lipinski definition) is 2. The van der Waals surface area contributed by atoms with Crippen LogP contribution in [0.3, 0.4) is 0 Å². The summed E-state index contributed by atoms with van der Waals surface area (Å²) in [7, 11) is 1.91. The predicted molar refractivity (Wildman–Crippen MR) is 62.6 cm³/mol. The maximum absolute atomic E-state index is 11.7. The highest BCUT2D eigenvalue weighted by Crippen LogP contribution is 2.27. The molecule has 3 atom stereocenters. The van der Waals surface area contributed by atoms with Gasteiger partial charge in [0.15, 0.2) is 0 Å². The summed E-state index contributed by atoms with van der Waals surface area (Å²) >= 11 is 4.18. The van der Waals surface area contributed by atoms with Gasteiger partial charge in [-0.3, -0.25) is 4.79 Å². The van der Waals surface area contributed by atoms with E-state index in [-0.39, 0.29) is 11.2 Å². The Balaban J connectivity index is 2.51. The zero-order valence-corrected chi connectivity index (χ0v) is 10.3. The van der Waals surface area contributed by atoms with Crippen LogP contribution in [0.2, 0.25) is 0 Å². The van der Waals surface area contributed by atoms with Gasteiger partial charge in [-0.1, -0.05) is 19.8 Å². The van der Waals surface area contributed by atoms with Crippen LogP contribution in [0.5, 0.6) is 0 Å². The van der Waals surface area contributed by atoms with Crippen molar-refractivity contribution in [3.8, 4) is 0 Å². The zero-order valence-electron chi connectivity index (χ0n) is 9.36. The second-order valence-electron chi connectivity index (χ2n) is 4.55. The molecule has 0 aromatic rings. The molecule has 0 bridgehead atoms. The molecule has 14 heavy (non-hydrogen) atoms. The van der Waals surface area contributed by atoms with E-state index in [1.54, 1.807) is 0 Å². The van der Waals surface area contributed by atoms with Crippen LogP contribution >= 0.6 is 12.6 Å². The van der Waals surface area contributed by atoms with E-state index in [1.807, 2.05) is 18.9 Å². The van der Waals surface area contributed by atoms with Gasteiger partial charge in [0.05, 0.1) is 5.25 Å². The molecule has 0 heterocycles. The molecule has 0 spiro atoms. The number of carbonyl (C=O) groups excluding carboxylic acids is 1. The van der Waals surface area contributed by atoms with Crippen LogP contribution < -0.4 is 0 Å². The summed E-state index contributed by atoms with van der Waals surface area (Å²) in [6, 6.07) is 0.445. The first kappa shape index (κ1) is 11.9. The minimum Gasteiger partial charge on any atom is -0.342 e. The molecular weight excluding hydrogens is 194 g/mol. The standard InChI is InChI=1S/C11H21NOS/c1-8-5-4-6-10(7-8)12(3)11(13)9(2)14/h8-10,14H,4-7H2,1-3H3. The van der Waals surface area contributed by atoms with Gasteiger partial charge in [0.1, 0.15) is 0 Å². The monoisotopic (exact) mass is 215 g/mol. The van der Waals surface area contributed by atoms with E-state index < -0.39 is 0 Å². The summed E-state index contributed by atoms with van der Waals surface area (Å²) in [6.07, 6.45) is 4.88. The number of hydrogen-bond donors (Lipinski definition) is 1. The lowest BCUT2D eigenvalue weighted by Crippen LogP contribution is -2.42. The SMILES string of the molecule is CC1CCCC(N(C)C(=O)C(C)S)C1. The Hall–Kier alpha value is -0.180. The molecule has 3 heteroatoms. The van der Waals surface area contributed by atoms with Crippen molar-refractivity contribution in [3.05, 3.63) is 0 Å². The molecule has 1 saturated carbocycles. The Morgan fingerprint density at radius 1 is 1.50 bits per heavy atom. The van der Waals surface area contributed by atoms with Crippen molar-refractivity contribution in [3.63, 3.8) is 0 Å². The van der Waals surface area contributed by atoms with Crippen molar-refractivity contribution in [2.75, 3.05) is 7.05 Å². The van der Waals surface area contributed by atoms with Crippen LogP contribution in [0.4, 0.5) is 0 Å². The smallest absolute Gasteiger partial charge is 0.235 e. The lowest BCUT2D eigenvalue weighted by molar-refractivity contribution is -0.131. The van der Waals surface area contributed by atoms with Crippen LogP contribution in [-0.2, 0) is 4.79 Å². The topological polar surface area (TPSA) is 20.3 Å². The fourth-order valence-electron chi connectivity index (χ4n) is 2.23. The van der Waals surface area contributed by atoms with E-state index in [1.165, 1.54) is 12.8 Å². The number of thiol groups is 1. The molecule has 1 aliphatic rings. The van der Waals surface area contributed by atoms with Gasteiger partial charge in [-0.15, -0.1) is 0 Å². The Labute approximate surface area is 92.5 Å². The van der Waals surface area contributed by atoms with E-state index in [0.717, 1.165) is 18.8 Å². The summed E-state index contributed by atoms with van der Waals surface area (Å²) in [5.74, 6) is 0.923. The Morgan fingerprint density at radius 3 is 2.64 bits per heavy atom. The molecule has 0 aliphatic heterocycles. The van der Waals surface area contributed by atoms with E-state index in [2.05, 4.69) is 19.6 Å². The zero-order chi connectivity index (χ0) is 10.7. The minimum absolute atomic E-state index is 0.160. The quantitative estimate of drug-likeness (QED) is 0.701. The van der Waals surface area contributed by atoms with Gasteiger partial charge in [-0.2, -0.15) is 12.6 Å². The maximum atomic E-state index is 11.7. The molecule has 2 nitrogen and oxygen atoms in total. The summed E-state index contributed by atoms with van der Waals surface area (Å²) in [5, 5.41) is -0.169. The molecule has 0 aromatic carbocycles. The molecule has 1 rings (SSSR count). The fraction of sp³-hybridized carbons (Fsp3) is 0.909. The summed E-state index contributed by atoms with van der Waals surface area (Å²) in [6.45, 7) is 4.11. The predicted octanol–water partition coefficient (Wildman–Crippen LogP) is 2.34. The largest absolute Gasteiger partial charge is 0.342 e. The van der Waals surface area contributed by atoms with Gasteiger partial charge in [0.2, 0.25) is 5.91 Å². The van der Waals surface area contributed by atoms with Gasteiger partial charge in [0, 0.05) is 13.1 Å². The van der Waals surface area contributed by atoms with Crippen molar-refractivity contribution in [2.24, 2.45) is 5.92 Å². The van der Waals surface area contributed by atoms with Crippen LogP contribution in [0.1, 0.15) is 39.5 Å². The maximum Gasteiger partial charge on any atom is 0.235 e. The molecule has 0 aromatic heterocycles. The molecule has 0 radical (unpaired) electrons. The lowest BCUT2D eigenvalue weighted by atomic mass is 9.86. The van der Waals surface area contributed by atoms with Crippen LogP contribution in [0.15, 0.2) is 0 Å². The average molecular weight is 215 g/mol. The van der Waals surface area contributed by atoms with Gasteiger partial charge in [-0.05, 0) is 25.7 Å². The highest BCUT2D eigenvalue weighted by Gasteiger charge is 2.26. The second-order valence-corrected chi connectivity index (χ2v) is 5.33. The lowest BCUT2D eigenvalue weighted by Gasteiger charge is -2.34. The molecule has 0 saturated heterocycles. The van der Waals surface area contributed by atoms with Gasteiger partial charge >= 0.3 is 0 Å². The van der Waals surface area contributed by atoms with Crippen LogP contribution in [0, 0.1) is 5.92 Å². The van der Waals surface area contributed by atoms with Crippen LogP contribution in [-0.4, -0.2) is 29.1 Å². The summed E-state index contributed by atoms with van der Waals surface area (Å²) in [4.78, 5) is 13.6. The van der Waals surface area contributed by atoms with Crippen molar-refractivity contribution >= 4 is 18.5 Å². The highest BCUT2D eigenvalue weighted by molar-refractivity contribution is 7.81. The Kier molecular flexibility index (Phi) is 4.30. The molecule has 1 amide bonds. The third-order valence-electron chi connectivity index (χ3n) is 3.16. The molecule has 3 unspecified atom stereocenters. The van der Waals surface area contributed by atoms with Gasteiger partial charge in [-0.25, -0.2) is 0 Å². The van der Waals surface area contributed by atoms with Gasteiger partial charge in [0.25, 0.3) is 0 Å². The first-order valence-corrected chi connectivity index (χ1v) is 5.98. The fourth-order valence-corrected chi connectivity index (χ4v) is 2.41. The minimum atomic E-state index is -0.169. The number of amides is 1. The summed E-state index contributed by atoms with van der Waals surface area (Å²) in [5.41, 5.74) is 0. The summed E-state index contributed by atoms with van der Waals surface area (Å²) < 4.78 is 0. The molecule has 82 valence electrons. The Bertz CT molecular complexity index is 205. The van der Waals surface area contributed by atoms with Gasteiger partial charge < -0.3 is 4.90 Å². The van der Waals surface area contributed by atoms with E-state index in [0.29, 0.717) is 6.04 Å². The molecule has 0 N–H and O–H groups in total.